The maximum absolute atomic E-state index is 11.1. The molecule has 1 fully saturated rings. The van der Waals surface area contributed by atoms with E-state index in [1.807, 2.05) is 0 Å². The summed E-state index contributed by atoms with van der Waals surface area (Å²) in [6, 6.07) is -0.606. The van der Waals surface area contributed by atoms with Crippen molar-refractivity contribution in [2.45, 2.75) is 24.6 Å². The molecule has 1 heterocycles. The van der Waals surface area contributed by atoms with E-state index in [9.17, 15) is 4.57 Å². The minimum Gasteiger partial charge on any atom is -0.382 e. The van der Waals surface area contributed by atoms with Gasteiger partial charge in [0.1, 0.15) is 7.85 Å². The molecule has 14 heavy (non-hydrogen) atoms. The van der Waals surface area contributed by atoms with Gasteiger partial charge in [-0.2, -0.15) is 0 Å². The van der Waals surface area contributed by atoms with E-state index in [0.717, 1.165) is 0 Å². The predicted molar refractivity (Wildman–Crippen MR) is 53.6 cm³/mol. The van der Waals surface area contributed by atoms with Crippen molar-refractivity contribution in [1.29, 1.82) is 0 Å². The van der Waals surface area contributed by atoms with Crippen LogP contribution >= 0.6 is 7.52 Å². The van der Waals surface area contributed by atoms with Crippen LogP contribution in [0, 0.1) is 0 Å². The molecule has 1 aliphatic heterocycles. The van der Waals surface area contributed by atoms with Crippen LogP contribution in [-0.2, 0) is 14.0 Å². The van der Waals surface area contributed by atoms with Gasteiger partial charge in [0.05, 0.1) is 12.7 Å². The highest BCUT2D eigenvalue weighted by molar-refractivity contribution is 7.55. The Labute approximate surface area is 85.1 Å². The zero-order chi connectivity index (χ0) is 10.8. The Bertz CT molecular complexity index is 234. The topological polar surface area (TPSA) is 67.8 Å². The lowest BCUT2D eigenvalue weighted by Gasteiger charge is -2.20. The molecule has 5 nitrogen and oxygen atoms in total. The van der Waals surface area contributed by atoms with Crippen LogP contribution in [0.2, 0.25) is 0 Å². The van der Waals surface area contributed by atoms with Gasteiger partial charge in [-0.05, 0) is 6.42 Å². The van der Waals surface area contributed by atoms with Gasteiger partial charge in [-0.15, -0.1) is 0 Å². The fraction of sp³-hybridized carbons (Fsp3) is 1.00. The van der Waals surface area contributed by atoms with E-state index >= 15 is 0 Å². The van der Waals surface area contributed by atoms with Crippen LogP contribution in [0.5, 0.6) is 0 Å². The third-order valence-corrected chi connectivity index (χ3v) is 2.83. The van der Waals surface area contributed by atoms with Crippen molar-refractivity contribution in [2.75, 3.05) is 20.4 Å². The third kappa shape index (κ3) is 3.71. The number of methoxy groups -OCH3 is 1. The van der Waals surface area contributed by atoms with Crippen LogP contribution < -0.4 is 5.09 Å². The van der Waals surface area contributed by atoms with E-state index in [-0.39, 0.29) is 18.1 Å². The fourth-order valence-electron chi connectivity index (χ4n) is 1.54. The first-order chi connectivity index (χ1) is 6.42. The van der Waals surface area contributed by atoms with Crippen LogP contribution in [0.4, 0.5) is 0 Å². The SMILES string of the molecule is [B][C@H]1C[C@@H](NP(C)(=O)O)[C@@H](COC)O1. The molecule has 0 aliphatic carbocycles. The number of hydrogen-bond donors (Lipinski definition) is 2. The van der Waals surface area contributed by atoms with Crippen molar-refractivity contribution in [3.63, 3.8) is 0 Å². The summed E-state index contributed by atoms with van der Waals surface area (Å²) in [6.45, 7) is 1.62. The fourth-order valence-corrected chi connectivity index (χ4v) is 2.43. The molecule has 4 atom stereocenters. The second kappa shape index (κ2) is 4.77. The van der Waals surface area contributed by atoms with Gasteiger partial charge in [-0.25, -0.2) is 5.09 Å². The van der Waals surface area contributed by atoms with Crippen molar-refractivity contribution in [2.24, 2.45) is 0 Å². The molecular formula is C7H15BNO4P. The summed E-state index contributed by atoms with van der Waals surface area (Å²) in [5, 5.41) is 2.61. The Kier molecular flexibility index (Phi) is 4.16. The highest BCUT2D eigenvalue weighted by atomic mass is 31.2. The molecule has 2 N–H and O–H groups in total. The minimum atomic E-state index is -3.24. The normalized spacial score (nSPS) is 36.9. The van der Waals surface area contributed by atoms with Crippen LogP contribution in [0.15, 0.2) is 0 Å². The molecule has 0 aromatic heterocycles. The molecule has 1 unspecified atom stereocenters. The average molecular weight is 219 g/mol. The van der Waals surface area contributed by atoms with Crippen molar-refractivity contribution in [3.05, 3.63) is 0 Å². The first-order valence-corrected chi connectivity index (χ1v) is 6.51. The van der Waals surface area contributed by atoms with Crippen molar-refractivity contribution >= 4 is 15.4 Å². The molecule has 0 aromatic rings. The molecule has 0 aromatic carbocycles. The third-order valence-electron chi connectivity index (χ3n) is 2.02. The van der Waals surface area contributed by atoms with E-state index in [0.29, 0.717) is 13.0 Å². The molecule has 0 amide bonds. The number of nitrogens with one attached hydrogen (secondary N) is 1. The van der Waals surface area contributed by atoms with Gasteiger partial charge in [0.15, 0.2) is 0 Å². The second-order valence-electron chi connectivity index (χ2n) is 3.52. The van der Waals surface area contributed by atoms with Crippen LogP contribution in [0.25, 0.3) is 0 Å². The number of hydrogen-bond acceptors (Lipinski definition) is 3. The molecule has 1 aliphatic rings. The van der Waals surface area contributed by atoms with Crippen LogP contribution in [0.1, 0.15) is 6.42 Å². The van der Waals surface area contributed by atoms with Gasteiger partial charge < -0.3 is 14.4 Å². The monoisotopic (exact) mass is 219 g/mol. The van der Waals surface area contributed by atoms with Gasteiger partial charge in [-0.3, -0.25) is 4.57 Å². The summed E-state index contributed by atoms with van der Waals surface area (Å²) < 4.78 is 21.4. The van der Waals surface area contributed by atoms with Gasteiger partial charge in [0.2, 0.25) is 0 Å². The maximum atomic E-state index is 11.1. The lowest BCUT2D eigenvalue weighted by atomic mass is 9.95. The Morgan fingerprint density at radius 1 is 1.79 bits per heavy atom. The molecule has 7 heteroatoms. The molecule has 1 saturated heterocycles. The minimum absolute atomic E-state index is 0.217. The standard InChI is InChI=1S/C7H15BNO4P/c1-12-4-6-5(3-7(8)13-6)9-14(2,10)11/h5-7H,3-4H2,1-2H3,(H2,9,10,11)/t5-,6-,7-/m1/s1. The average Bonchev–Trinajstić information content (AvgIpc) is 2.28. The quantitative estimate of drug-likeness (QED) is 0.501. The maximum Gasteiger partial charge on any atom is 0.264 e. The summed E-state index contributed by atoms with van der Waals surface area (Å²) in [6.07, 6.45) is 0.266. The lowest BCUT2D eigenvalue weighted by Crippen LogP contribution is -2.36. The van der Waals surface area contributed by atoms with E-state index in [2.05, 4.69) is 5.09 Å². The molecule has 0 bridgehead atoms. The van der Waals surface area contributed by atoms with E-state index in [1.165, 1.54) is 6.66 Å². The Morgan fingerprint density at radius 2 is 2.43 bits per heavy atom. The van der Waals surface area contributed by atoms with E-state index in [1.54, 1.807) is 7.11 Å². The van der Waals surface area contributed by atoms with Crippen molar-refractivity contribution in [3.8, 4) is 0 Å². The zero-order valence-corrected chi connectivity index (χ0v) is 9.24. The number of rotatable bonds is 4. The van der Waals surface area contributed by atoms with Crippen LogP contribution in [0.3, 0.4) is 0 Å². The van der Waals surface area contributed by atoms with Crippen LogP contribution in [-0.4, -0.2) is 51.3 Å². The van der Waals surface area contributed by atoms with E-state index < -0.39 is 7.52 Å². The largest absolute Gasteiger partial charge is 0.382 e. The van der Waals surface area contributed by atoms with Crippen molar-refractivity contribution < 1.29 is 18.9 Å². The van der Waals surface area contributed by atoms with Gasteiger partial charge >= 0.3 is 0 Å². The molecular weight excluding hydrogens is 204 g/mol. The highest BCUT2D eigenvalue weighted by Crippen LogP contribution is 2.33. The Balaban J connectivity index is 2.53. The molecule has 0 saturated carbocycles. The predicted octanol–water partition coefficient (Wildman–Crippen LogP) is -0.310. The molecule has 0 spiro atoms. The smallest absolute Gasteiger partial charge is 0.264 e. The van der Waals surface area contributed by atoms with Gasteiger partial charge in [-0.1, -0.05) is 0 Å². The lowest BCUT2D eigenvalue weighted by molar-refractivity contribution is 0.0181. The summed E-state index contributed by atoms with van der Waals surface area (Å²) in [5.74, 6) is 0. The first-order valence-electron chi connectivity index (χ1n) is 4.40. The van der Waals surface area contributed by atoms with Crippen molar-refractivity contribution in [1.82, 2.24) is 5.09 Å². The summed E-state index contributed by atoms with van der Waals surface area (Å²) in [5.41, 5.74) is 0. The summed E-state index contributed by atoms with van der Waals surface area (Å²) in [4.78, 5) is 9.16. The van der Waals surface area contributed by atoms with Gasteiger partial charge in [0.25, 0.3) is 7.52 Å². The first kappa shape index (κ1) is 12.2. The molecule has 80 valence electrons. The summed E-state index contributed by atoms with van der Waals surface area (Å²) >= 11 is 0. The zero-order valence-electron chi connectivity index (χ0n) is 8.34. The Hall–Kier alpha value is 0.135. The second-order valence-corrected chi connectivity index (χ2v) is 5.54. The molecule has 2 radical (unpaired) electrons. The number of ether oxygens (including phenoxy) is 2. The highest BCUT2D eigenvalue weighted by Gasteiger charge is 2.34. The summed E-state index contributed by atoms with van der Waals surface area (Å²) in [7, 11) is 3.88. The molecule has 1 rings (SSSR count). The Morgan fingerprint density at radius 3 is 2.93 bits per heavy atom. The van der Waals surface area contributed by atoms with E-state index in [4.69, 9.17) is 22.2 Å². The van der Waals surface area contributed by atoms with Gasteiger partial charge in [0, 0.05) is 25.8 Å².